The molecule has 0 fully saturated rings. The molecule has 0 radical (unpaired) electrons. The molecular weight excluding hydrogens is 399 g/mol. The van der Waals surface area contributed by atoms with Crippen LogP contribution in [-0.2, 0) is 4.79 Å². The number of nitrogens with one attached hydrogen (secondary N) is 2. The number of halogens is 1. The Labute approximate surface area is 178 Å². The van der Waals surface area contributed by atoms with E-state index in [4.69, 9.17) is 0 Å². The number of aryl methyl sites for hydroxylation is 1. The van der Waals surface area contributed by atoms with Gasteiger partial charge >= 0.3 is 0 Å². The molecule has 0 saturated heterocycles. The SMILES string of the molecule is Cc1cc(NC(=O)CN[C@@H](c2ccc(F)cc2)c2cccs2)n(-c2ccccc2)n1. The van der Waals surface area contributed by atoms with Gasteiger partial charge in [-0.15, -0.1) is 11.3 Å². The van der Waals surface area contributed by atoms with Crippen LogP contribution in [-0.4, -0.2) is 22.2 Å². The minimum absolute atomic E-state index is 0.0962. The van der Waals surface area contributed by atoms with E-state index in [2.05, 4.69) is 15.7 Å². The second kappa shape index (κ2) is 9.02. The Morgan fingerprint density at radius 1 is 1.10 bits per heavy atom. The minimum atomic E-state index is -0.286. The van der Waals surface area contributed by atoms with Crippen molar-refractivity contribution in [3.05, 3.63) is 100 Å². The number of aromatic nitrogens is 2. The van der Waals surface area contributed by atoms with Gasteiger partial charge in [-0.3, -0.25) is 10.1 Å². The van der Waals surface area contributed by atoms with Gasteiger partial charge in [0.15, 0.2) is 0 Å². The molecule has 4 aromatic rings. The third kappa shape index (κ3) is 4.64. The summed E-state index contributed by atoms with van der Waals surface area (Å²) < 4.78 is 15.1. The number of para-hydroxylation sites is 1. The van der Waals surface area contributed by atoms with Gasteiger partial charge < -0.3 is 5.32 Å². The Morgan fingerprint density at radius 2 is 1.87 bits per heavy atom. The molecule has 1 amide bonds. The van der Waals surface area contributed by atoms with E-state index in [1.54, 1.807) is 28.2 Å². The maximum Gasteiger partial charge on any atom is 0.239 e. The zero-order valence-corrected chi connectivity index (χ0v) is 17.2. The van der Waals surface area contributed by atoms with E-state index >= 15 is 0 Å². The van der Waals surface area contributed by atoms with Crippen molar-refractivity contribution in [1.29, 1.82) is 0 Å². The molecule has 5 nitrogen and oxygen atoms in total. The molecule has 2 aromatic carbocycles. The van der Waals surface area contributed by atoms with E-state index in [0.717, 1.165) is 21.8 Å². The largest absolute Gasteiger partial charge is 0.309 e. The number of amides is 1. The van der Waals surface area contributed by atoms with Gasteiger partial charge in [-0.05, 0) is 48.2 Å². The third-order valence-corrected chi connectivity index (χ3v) is 5.53. The Balaban J connectivity index is 1.48. The van der Waals surface area contributed by atoms with E-state index in [-0.39, 0.29) is 24.3 Å². The quantitative estimate of drug-likeness (QED) is 0.456. The first-order chi connectivity index (χ1) is 14.6. The summed E-state index contributed by atoms with van der Waals surface area (Å²) in [4.78, 5) is 13.7. The Bertz CT molecular complexity index is 1110. The molecule has 2 heterocycles. The number of carbonyl (C=O) groups is 1. The van der Waals surface area contributed by atoms with Crippen molar-refractivity contribution in [1.82, 2.24) is 15.1 Å². The number of nitrogens with zero attached hydrogens (tertiary/aromatic N) is 2. The lowest BCUT2D eigenvalue weighted by atomic mass is 10.1. The molecule has 0 saturated carbocycles. The summed E-state index contributed by atoms with van der Waals surface area (Å²) in [5.74, 6) is 0.140. The highest BCUT2D eigenvalue weighted by molar-refractivity contribution is 7.10. The van der Waals surface area contributed by atoms with Crippen molar-refractivity contribution in [3.63, 3.8) is 0 Å². The van der Waals surface area contributed by atoms with Crippen LogP contribution in [0.25, 0.3) is 5.69 Å². The first kappa shape index (κ1) is 20.0. The average Bonchev–Trinajstić information content (AvgIpc) is 3.40. The fourth-order valence-corrected chi connectivity index (χ4v) is 4.06. The Hall–Kier alpha value is -3.29. The summed E-state index contributed by atoms with van der Waals surface area (Å²) >= 11 is 1.59. The van der Waals surface area contributed by atoms with Crippen LogP contribution in [0.3, 0.4) is 0 Å². The minimum Gasteiger partial charge on any atom is -0.309 e. The first-order valence-electron chi connectivity index (χ1n) is 9.54. The maximum absolute atomic E-state index is 13.3. The van der Waals surface area contributed by atoms with Crippen molar-refractivity contribution in [2.45, 2.75) is 13.0 Å². The molecular formula is C23H21FN4OS. The van der Waals surface area contributed by atoms with E-state index < -0.39 is 0 Å². The second-order valence-corrected chi connectivity index (χ2v) is 7.83. The highest BCUT2D eigenvalue weighted by Gasteiger charge is 2.17. The molecule has 0 spiro atoms. The molecule has 0 unspecified atom stereocenters. The van der Waals surface area contributed by atoms with Gasteiger partial charge in [0, 0.05) is 10.9 Å². The molecule has 1 atom stereocenters. The number of hydrogen-bond acceptors (Lipinski definition) is 4. The topological polar surface area (TPSA) is 59.0 Å². The van der Waals surface area contributed by atoms with Crippen molar-refractivity contribution < 1.29 is 9.18 Å². The van der Waals surface area contributed by atoms with Crippen LogP contribution in [0, 0.1) is 12.7 Å². The van der Waals surface area contributed by atoms with Gasteiger partial charge in [-0.1, -0.05) is 36.4 Å². The molecule has 30 heavy (non-hydrogen) atoms. The lowest BCUT2D eigenvalue weighted by Gasteiger charge is -2.18. The molecule has 0 aliphatic heterocycles. The number of hydrogen-bond donors (Lipinski definition) is 2. The summed E-state index contributed by atoms with van der Waals surface area (Å²) in [5.41, 5.74) is 2.58. The number of carbonyl (C=O) groups excluding carboxylic acids is 1. The van der Waals surface area contributed by atoms with Crippen LogP contribution in [0.15, 0.2) is 78.2 Å². The standard InChI is InChI=1S/C23H21FN4OS/c1-16-14-21(28(27-16)19-6-3-2-4-7-19)26-22(29)15-25-23(20-8-5-13-30-20)17-9-11-18(24)12-10-17/h2-14,23,25H,15H2,1H3,(H,26,29)/t23-/m0/s1. The molecule has 4 rings (SSSR count). The van der Waals surface area contributed by atoms with E-state index in [1.165, 1.54) is 12.1 Å². The summed E-state index contributed by atoms with van der Waals surface area (Å²) in [6.07, 6.45) is 0. The van der Waals surface area contributed by atoms with Crippen LogP contribution >= 0.6 is 11.3 Å². The summed E-state index contributed by atoms with van der Waals surface area (Å²) in [6, 6.07) is 21.6. The van der Waals surface area contributed by atoms with Gasteiger partial charge in [-0.2, -0.15) is 5.10 Å². The summed E-state index contributed by atoms with van der Waals surface area (Å²) in [7, 11) is 0. The van der Waals surface area contributed by atoms with Gasteiger partial charge in [-0.25, -0.2) is 9.07 Å². The molecule has 2 N–H and O–H groups in total. The number of thiophene rings is 1. The zero-order valence-electron chi connectivity index (χ0n) is 16.4. The van der Waals surface area contributed by atoms with Crippen LogP contribution in [0.2, 0.25) is 0 Å². The third-order valence-electron chi connectivity index (χ3n) is 4.60. The summed E-state index contributed by atoms with van der Waals surface area (Å²) in [6.45, 7) is 1.98. The van der Waals surface area contributed by atoms with Crippen molar-refractivity contribution in [3.8, 4) is 5.69 Å². The number of benzene rings is 2. The van der Waals surface area contributed by atoms with Crippen molar-refractivity contribution in [2.24, 2.45) is 0 Å². The summed E-state index contributed by atoms with van der Waals surface area (Å²) in [5, 5.41) is 12.7. The smallest absolute Gasteiger partial charge is 0.239 e. The zero-order chi connectivity index (χ0) is 20.9. The predicted molar refractivity (Wildman–Crippen MR) is 117 cm³/mol. The lowest BCUT2D eigenvalue weighted by Crippen LogP contribution is -2.32. The average molecular weight is 421 g/mol. The highest BCUT2D eigenvalue weighted by atomic mass is 32.1. The molecule has 2 aromatic heterocycles. The lowest BCUT2D eigenvalue weighted by molar-refractivity contribution is -0.115. The molecule has 0 aliphatic rings. The van der Waals surface area contributed by atoms with Crippen LogP contribution in [0.4, 0.5) is 10.2 Å². The molecule has 0 bridgehead atoms. The van der Waals surface area contributed by atoms with E-state index in [1.807, 2.05) is 60.8 Å². The van der Waals surface area contributed by atoms with Gasteiger partial charge in [0.25, 0.3) is 0 Å². The number of anilines is 1. The van der Waals surface area contributed by atoms with Crippen molar-refractivity contribution >= 4 is 23.1 Å². The normalized spacial score (nSPS) is 11.9. The molecule has 7 heteroatoms. The highest BCUT2D eigenvalue weighted by Crippen LogP contribution is 2.26. The van der Waals surface area contributed by atoms with Crippen LogP contribution in [0.1, 0.15) is 22.2 Å². The van der Waals surface area contributed by atoms with Crippen LogP contribution < -0.4 is 10.6 Å². The Morgan fingerprint density at radius 3 is 2.57 bits per heavy atom. The van der Waals surface area contributed by atoms with Crippen LogP contribution in [0.5, 0.6) is 0 Å². The first-order valence-corrected chi connectivity index (χ1v) is 10.4. The maximum atomic E-state index is 13.3. The van der Waals surface area contributed by atoms with E-state index in [0.29, 0.717) is 5.82 Å². The number of rotatable bonds is 7. The van der Waals surface area contributed by atoms with E-state index in [9.17, 15) is 9.18 Å². The van der Waals surface area contributed by atoms with Crippen molar-refractivity contribution in [2.75, 3.05) is 11.9 Å². The van der Waals surface area contributed by atoms with Gasteiger partial charge in [0.1, 0.15) is 11.6 Å². The molecule has 152 valence electrons. The fraction of sp³-hybridized carbons (Fsp3) is 0.130. The predicted octanol–water partition coefficient (Wildman–Crippen LogP) is 4.70. The Kier molecular flexibility index (Phi) is 6.02. The van der Waals surface area contributed by atoms with Gasteiger partial charge in [0.2, 0.25) is 5.91 Å². The fourth-order valence-electron chi connectivity index (χ4n) is 3.23. The molecule has 0 aliphatic carbocycles. The van der Waals surface area contributed by atoms with Gasteiger partial charge in [0.05, 0.1) is 24.0 Å². The monoisotopic (exact) mass is 420 g/mol. The second-order valence-electron chi connectivity index (χ2n) is 6.85.